The third-order valence-corrected chi connectivity index (χ3v) is 11.3. The van der Waals surface area contributed by atoms with Gasteiger partial charge in [0.05, 0.1) is 0 Å². The molecule has 11 rings (SSSR count). The van der Waals surface area contributed by atoms with Crippen molar-refractivity contribution in [3.05, 3.63) is 205 Å². The molecule has 10 aromatic rings. The van der Waals surface area contributed by atoms with Crippen molar-refractivity contribution in [2.45, 2.75) is 12.3 Å². The van der Waals surface area contributed by atoms with E-state index in [4.69, 9.17) is 19.4 Å². The molecule has 8 aromatic carbocycles. The van der Waals surface area contributed by atoms with Crippen LogP contribution in [-0.4, -0.2) is 15.0 Å². The van der Waals surface area contributed by atoms with Gasteiger partial charge in [-0.15, -0.1) is 0 Å². The molecule has 0 spiro atoms. The smallest absolute Gasteiger partial charge is 0.164 e. The lowest BCUT2D eigenvalue weighted by molar-refractivity contribution is 0.669. The minimum absolute atomic E-state index is 0.267. The molecule has 1 aliphatic carbocycles. The maximum Gasteiger partial charge on any atom is 0.164 e. The number of fused-ring (bicyclic) bond motifs is 6. The summed E-state index contributed by atoms with van der Waals surface area (Å²) in [6.45, 7) is 0. The maximum atomic E-state index is 6.70. The molecular formula is C53H35N3O. The first-order valence-corrected chi connectivity index (χ1v) is 19.5. The van der Waals surface area contributed by atoms with E-state index in [1.54, 1.807) is 0 Å². The third-order valence-electron chi connectivity index (χ3n) is 11.3. The van der Waals surface area contributed by atoms with Gasteiger partial charge >= 0.3 is 0 Å². The number of hydrogen-bond donors (Lipinski definition) is 0. The van der Waals surface area contributed by atoms with Gasteiger partial charge in [-0.1, -0.05) is 176 Å². The molecule has 0 amide bonds. The molecule has 4 nitrogen and oxygen atoms in total. The van der Waals surface area contributed by atoms with Crippen LogP contribution in [0.5, 0.6) is 0 Å². The lowest BCUT2D eigenvalue weighted by Crippen LogP contribution is -2.01. The van der Waals surface area contributed by atoms with Crippen LogP contribution in [0.2, 0.25) is 0 Å². The number of allylic oxidation sites excluding steroid dienone is 4. The van der Waals surface area contributed by atoms with Crippen molar-refractivity contribution in [3.8, 4) is 45.3 Å². The summed E-state index contributed by atoms with van der Waals surface area (Å²) >= 11 is 0. The molecular weight excluding hydrogens is 695 g/mol. The highest BCUT2D eigenvalue weighted by Gasteiger charge is 2.21. The van der Waals surface area contributed by atoms with Crippen LogP contribution in [0.25, 0.3) is 94.3 Å². The van der Waals surface area contributed by atoms with Crippen LogP contribution in [0.15, 0.2) is 199 Å². The van der Waals surface area contributed by atoms with Crippen LogP contribution in [0.3, 0.4) is 0 Å². The average Bonchev–Trinajstić information content (AvgIpc) is 3.67. The molecule has 1 atom stereocenters. The largest absolute Gasteiger partial charge is 0.456 e. The molecule has 0 saturated heterocycles. The average molecular weight is 730 g/mol. The SMILES string of the molecule is C1=CC(c2ccccc2)=CC(c2ccc3oc4cc(-c5nc(-c6ccc(-c7ccccc7)cc6)nc(-c6cccc7ccccc67)n5)c5ccccc5c4c3c2)C1. The van der Waals surface area contributed by atoms with Gasteiger partial charge in [-0.05, 0) is 74.0 Å². The topological polar surface area (TPSA) is 51.8 Å². The molecule has 1 aliphatic rings. The Kier molecular flexibility index (Phi) is 7.92. The number of aromatic nitrogens is 3. The summed E-state index contributed by atoms with van der Waals surface area (Å²) in [4.78, 5) is 15.6. The minimum Gasteiger partial charge on any atom is -0.456 e. The Bertz CT molecular complexity index is 3190. The zero-order chi connectivity index (χ0) is 37.7. The van der Waals surface area contributed by atoms with Crippen LogP contribution >= 0.6 is 0 Å². The summed E-state index contributed by atoms with van der Waals surface area (Å²) in [5.74, 6) is 2.11. The van der Waals surface area contributed by atoms with Crippen LogP contribution in [0.1, 0.15) is 23.5 Å². The second-order valence-corrected chi connectivity index (χ2v) is 14.7. The number of rotatable bonds is 6. The number of furan rings is 1. The molecule has 57 heavy (non-hydrogen) atoms. The van der Waals surface area contributed by atoms with Crippen molar-refractivity contribution in [2.75, 3.05) is 0 Å². The van der Waals surface area contributed by atoms with E-state index in [0.717, 1.165) is 72.2 Å². The maximum absolute atomic E-state index is 6.70. The Morgan fingerprint density at radius 1 is 0.439 bits per heavy atom. The molecule has 2 heterocycles. The Morgan fingerprint density at radius 2 is 1.07 bits per heavy atom. The fourth-order valence-corrected chi connectivity index (χ4v) is 8.42. The highest BCUT2D eigenvalue weighted by molar-refractivity contribution is 6.22. The normalized spacial score (nSPS) is 14.1. The fourth-order valence-electron chi connectivity index (χ4n) is 8.42. The molecule has 1 unspecified atom stereocenters. The number of benzene rings is 8. The van der Waals surface area contributed by atoms with Crippen LogP contribution in [0, 0.1) is 0 Å². The van der Waals surface area contributed by atoms with Gasteiger partial charge in [-0.3, -0.25) is 0 Å². The van der Waals surface area contributed by atoms with Crippen LogP contribution < -0.4 is 0 Å². The highest BCUT2D eigenvalue weighted by Crippen LogP contribution is 2.42. The zero-order valence-electron chi connectivity index (χ0n) is 31.0. The van der Waals surface area contributed by atoms with E-state index in [1.165, 1.54) is 22.3 Å². The van der Waals surface area contributed by atoms with Gasteiger partial charge in [0.25, 0.3) is 0 Å². The predicted octanol–water partition coefficient (Wildman–Crippen LogP) is 13.9. The molecule has 0 aliphatic heterocycles. The first kappa shape index (κ1) is 33.0. The van der Waals surface area contributed by atoms with Crippen LogP contribution in [-0.2, 0) is 0 Å². The number of hydrogen-bond acceptors (Lipinski definition) is 4. The Morgan fingerprint density at radius 3 is 1.88 bits per heavy atom. The van der Waals surface area contributed by atoms with E-state index in [9.17, 15) is 0 Å². The van der Waals surface area contributed by atoms with Gasteiger partial charge in [0.1, 0.15) is 11.2 Å². The summed E-state index contributed by atoms with van der Waals surface area (Å²) in [6.07, 6.45) is 7.89. The monoisotopic (exact) mass is 729 g/mol. The minimum atomic E-state index is 0.267. The summed E-state index contributed by atoms with van der Waals surface area (Å²) in [5.41, 5.74) is 10.5. The van der Waals surface area contributed by atoms with Gasteiger partial charge in [0, 0.05) is 33.4 Å². The van der Waals surface area contributed by atoms with Crippen molar-refractivity contribution in [1.82, 2.24) is 15.0 Å². The summed E-state index contributed by atoms with van der Waals surface area (Å²) in [5, 5.41) is 6.60. The molecule has 0 saturated carbocycles. The molecule has 0 N–H and O–H groups in total. The van der Waals surface area contributed by atoms with E-state index in [-0.39, 0.29) is 5.92 Å². The van der Waals surface area contributed by atoms with E-state index in [2.05, 4.69) is 188 Å². The Balaban J connectivity index is 1.08. The fraction of sp³-hybridized carbons (Fsp3) is 0.0377. The van der Waals surface area contributed by atoms with Gasteiger partial charge < -0.3 is 4.42 Å². The molecule has 0 radical (unpaired) electrons. The van der Waals surface area contributed by atoms with Crippen molar-refractivity contribution >= 4 is 49.1 Å². The van der Waals surface area contributed by atoms with Crippen LogP contribution in [0.4, 0.5) is 0 Å². The summed E-state index contributed by atoms with van der Waals surface area (Å²) in [7, 11) is 0. The lowest BCUT2D eigenvalue weighted by Gasteiger charge is -2.17. The van der Waals surface area contributed by atoms with E-state index in [1.807, 2.05) is 6.07 Å². The standard InChI is InChI=1S/C53H35N3O/c1-3-13-34(14-4-1)36-25-27-38(28-26-36)51-54-52(45-24-12-18-37-17-7-8-21-42(37)45)56-53(55-51)46-33-49-50(44-23-10-9-22-43(44)46)47-32-41(29-30-48(47)57-49)40-20-11-19-39(31-40)35-15-5-2-6-16-35/h1-19,21-33,40H,20H2. The first-order chi connectivity index (χ1) is 28.2. The number of nitrogens with zero attached hydrogens (tertiary/aromatic N) is 3. The molecule has 4 heteroatoms. The van der Waals surface area contributed by atoms with E-state index in [0.29, 0.717) is 17.5 Å². The Hall–Kier alpha value is -7.43. The summed E-state index contributed by atoms with van der Waals surface area (Å²) in [6, 6.07) is 61.6. The van der Waals surface area contributed by atoms with Crippen molar-refractivity contribution < 1.29 is 4.42 Å². The summed E-state index contributed by atoms with van der Waals surface area (Å²) < 4.78 is 6.70. The molecule has 268 valence electrons. The van der Waals surface area contributed by atoms with Crippen molar-refractivity contribution in [1.29, 1.82) is 0 Å². The zero-order valence-corrected chi connectivity index (χ0v) is 31.0. The van der Waals surface area contributed by atoms with E-state index >= 15 is 0 Å². The highest BCUT2D eigenvalue weighted by atomic mass is 16.3. The third kappa shape index (κ3) is 5.90. The van der Waals surface area contributed by atoms with Gasteiger partial charge in [-0.25, -0.2) is 15.0 Å². The van der Waals surface area contributed by atoms with Crippen molar-refractivity contribution in [3.63, 3.8) is 0 Å². The Labute approximate surface area is 330 Å². The lowest BCUT2D eigenvalue weighted by atomic mass is 9.87. The molecule has 0 bridgehead atoms. The molecule has 2 aromatic heterocycles. The quantitative estimate of drug-likeness (QED) is 0.171. The van der Waals surface area contributed by atoms with Gasteiger partial charge in [0.2, 0.25) is 0 Å². The molecule has 0 fully saturated rings. The first-order valence-electron chi connectivity index (χ1n) is 19.5. The van der Waals surface area contributed by atoms with E-state index < -0.39 is 0 Å². The van der Waals surface area contributed by atoms with Gasteiger partial charge in [-0.2, -0.15) is 0 Å². The second-order valence-electron chi connectivity index (χ2n) is 14.7. The van der Waals surface area contributed by atoms with Gasteiger partial charge in [0.15, 0.2) is 17.5 Å². The second kappa shape index (κ2) is 13.7. The predicted molar refractivity (Wildman–Crippen MR) is 235 cm³/mol. The van der Waals surface area contributed by atoms with Crippen molar-refractivity contribution in [2.24, 2.45) is 0 Å².